The van der Waals surface area contributed by atoms with Gasteiger partial charge in [-0.2, -0.15) is 10.2 Å². The molecule has 0 bridgehead atoms. The first-order valence-corrected chi connectivity index (χ1v) is 9.77. The van der Waals surface area contributed by atoms with Crippen molar-refractivity contribution in [2.45, 2.75) is 76.8 Å². The van der Waals surface area contributed by atoms with Gasteiger partial charge in [-0.05, 0) is 13.8 Å². The van der Waals surface area contributed by atoms with E-state index >= 15 is 0 Å². The summed E-state index contributed by atoms with van der Waals surface area (Å²) in [5.41, 5.74) is 9.00. The molecule has 0 saturated heterocycles. The van der Waals surface area contributed by atoms with Gasteiger partial charge in [0, 0.05) is 25.9 Å². The van der Waals surface area contributed by atoms with Gasteiger partial charge < -0.3 is 43.6 Å². The molecule has 0 aliphatic heterocycles. The van der Waals surface area contributed by atoms with Crippen LogP contribution < -0.4 is 22.1 Å². The molecule has 204 valence electrons. The molecule has 0 saturated carbocycles. The molecule has 4 atom stereocenters. The number of ketones is 2. The molecular weight excluding hydrogens is 460 g/mol. The number of carbonyl (C=O) groups is 4. The third kappa shape index (κ3) is 12.1. The van der Waals surface area contributed by atoms with E-state index in [1.807, 2.05) is 0 Å². The van der Waals surface area contributed by atoms with Gasteiger partial charge in [0.15, 0.2) is 22.6 Å². The van der Waals surface area contributed by atoms with Gasteiger partial charge in [0.2, 0.25) is 0 Å². The first-order valence-electron chi connectivity index (χ1n) is 9.77. The van der Waals surface area contributed by atoms with Crippen molar-refractivity contribution in [2.75, 3.05) is 13.1 Å². The van der Waals surface area contributed by atoms with Crippen LogP contribution in [0.5, 0.6) is 0 Å². The highest BCUT2D eigenvalue weighted by atomic mass is 16.4. The second-order valence-corrected chi connectivity index (χ2v) is 7.20. The average molecular weight is 503 g/mol. The Morgan fingerprint density at radius 2 is 1.00 bits per heavy atom. The number of rotatable bonds is 16. The van der Waals surface area contributed by atoms with Crippen LogP contribution in [0.15, 0.2) is 10.2 Å². The smallest absolute Gasteiger partial charge is 0.304 e. The molecule has 0 spiro atoms. The predicted octanol–water partition coefficient (Wildman–Crippen LogP) is -3.69. The summed E-state index contributed by atoms with van der Waals surface area (Å²) in [4.78, 5) is 46.5. The van der Waals surface area contributed by atoms with Crippen LogP contribution >= 0.6 is 0 Å². The molecule has 0 fully saturated rings. The molecule has 0 heterocycles. The van der Waals surface area contributed by atoms with Crippen molar-refractivity contribution in [3.63, 3.8) is 0 Å². The molecule has 0 rings (SSSR count). The molecule has 16 nitrogen and oxygen atoms in total. The molecular formula is C18H42N6O10. The van der Waals surface area contributed by atoms with Crippen LogP contribution in [-0.4, -0.2) is 92.1 Å². The lowest BCUT2D eigenvalue weighted by Gasteiger charge is -2.33. The topological polar surface area (TPSA) is 336 Å². The Hall–Kier alpha value is -2.44. The standard InChI is InChI=1S/C18H34N6O6.4H2O/c1-5-11(25)17(3,15(19)21-9-7-13(27)28)23-24-18(4,12(26)6-2)16(20)22-10-8-14(29)30;;;;/h15-16,21-22H,5-10,19-20H2,1-4H3,(H,27,28)(H,29,30);4*1H2. The zero-order valence-electron chi connectivity index (χ0n) is 20.0. The molecule has 0 aliphatic carbocycles. The molecule has 4 unspecified atom stereocenters. The van der Waals surface area contributed by atoms with E-state index in [-0.39, 0.29) is 72.2 Å². The number of carbonyl (C=O) groups excluding carboxylic acids is 2. The molecule has 0 aromatic carbocycles. The van der Waals surface area contributed by atoms with E-state index in [1.54, 1.807) is 13.8 Å². The fourth-order valence-corrected chi connectivity index (χ4v) is 2.57. The number of nitrogens with zero attached hydrogens (tertiary/aromatic N) is 2. The van der Waals surface area contributed by atoms with Gasteiger partial charge in [-0.15, -0.1) is 0 Å². The monoisotopic (exact) mass is 502 g/mol. The summed E-state index contributed by atoms with van der Waals surface area (Å²) in [6.45, 7) is 6.16. The number of hydrogen-bond donors (Lipinski definition) is 6. The van der Waals surface area contributed by atoms with Crippen LogP contribution in [-0.2, 0) is 19.2 Å². The second kappa shape index (κ2) is 18.9. The normalized spacial score (nSPS) is 15.6. The van der Waals surface area contributed by atoms with E-state index in [0.29, 0.717) is 0 Å². The zero-order chi connectivity index (χ0) is 23.5. The highest BCUT2D eigenvalue weighted by molar-refractivity contribution is 5.90. The minimum absolute atomic E-state index is 0. The maximum absolute atomic E-state index is 12.6. The Morgan fingerprint density at radius 3 is 1.21 bits per heavy atom. The van der Waals surface area contributed by atoms with E-state index in [9.17, 15) is 19.2 Å². The van der Waals surface area contributed by atoms with Crippen LogP contribution in [0.4, 0.5) is 0 Å². The number of azo groups is 1. The van der Waals surface area contributed by atoms with Crippen LogP contribution in [0.2, 0.25) is 0 Å². The van der Waals surface area contributed by atoms with E-state index < -0.39 is 35.3 Å². The molecule has 0 aromatic rings. The van der Waals surface area contributed by atoms with E-state index in [4.69, 9.17) is 21.7 Å². The highest BCUT2D eigenvalue weighted by Crippen LogP contribution is 2.23. The minimum atomic E-state index is -1.57. The molecule has 0 amide bonds. The Kier molecular flexibility index (Phi) is 23.3. The van der Waals surface area contributed by atoms with Crippen LogP contribution in [0.3, 0.4) is 0 Å². The Morgan fingerprint density at radius 1 is 0.735 bits per heavy atom. The summed E-state index contributed by atoms with van der Waals surface area (Å²) >= 11 is 0. The van der Waals surface area contributed by atoms with Gasteiger partial charge >= 0.3 is 11.9 Å². The van der Waals surface area contributed by atoms with Crippen molar-refractivity contribution in [3.8, 4) is 0 Å². The van der Waals surface area contributed by atoms with Crippen LogP contribution in [0, 0.1) is 0 Å². The molecule has 34 heavy (non-hydrogen) atoms. The summed E-state index contributed by atoms with van der Waals surface area (Å²) in [5, 5.41) is 31.3. The molecule has 16 N–H and O–H groups in total. The van der Waals surface area contributed by atoms with E-state index in [0.717, 1.165) is 0 Å². The minimum Gasteiger partial charge on any atom is -0.481 e. The number of carboxylic acid groups (broad SMARTS) is 2. The number of carboxylic acids is 2. The molecule has 16 heteroatoms. The summed E-state index contributed by atoms with van der Waals surface area (Å²) in [6.07, 6.45) is -2.33. The summed E-state index contributed by atoms with van der Waals surface area (Å²) < 4.78 is 0. The van der Waals surface area contributed by atoms with Crippen LogP contribution in [0.1, 0.15) is 53.4 Å². The molecule has 0 radical (unpaired) electrons. The lowest BCUT2D eigenvalue weighted by atomic mass is 9.90. The maximum Gasteiger partial charge on any atom is 0.304 e. The largest absolute Gasteiger partial charge is 0.481 e. The first-order chi connectivity index (χ1) is 13.8. The Labute approximate surface area is 197 Å². The predicted molar refractivity (Wildman–Crippen MR) is 123 cm³/mol. The number of nitrogens with two attached hydrogens (primary N) is 2. The first kappa shape index (κ1) is 41.8. The van der Waals surface area contributed by atoms with Gasteiger partial charge in [-0.1, -0.05) is 13.8 Å². The zero-order valence-corrected chi connectivity index (χ0v) is 20.0. The fourth-order valence-electron chi connectivity index (χ4n) is 2.57. The molecule has 0 aromatic heterocycles. The van der Waals surface area contributed by atoms with Crippen LogP contribution in [0.25, 0.3) is 0 Å². The van der Waals surface area contributed by atoms with Crippen molar-refractivity contribution in [1.82, 2.24) is 10.6 Å². The van der Waals surface area contributed by atoms with Gasteiger partial charge in [0.05, 0.1) is 25.2 Å². The van der Waals surface area contributed by atoms with E-state index in [2.05, 4.69) is 20.9 Å². The summed E-state index contributed by atoms with van der Waals surface area (Å²) in [7, 11) is 0. The van der Waals surface area contributed by atoms with Crippen molar-refractivity contribution in [3.05, 3.63) is 0 Å². The van der Waals surface area contributed by atoms with Gasteiger partial charge in [0.25, 0.3) is 0 Å². The third-order valence-electron chi connectivity index (χ3n) is 4.85. The van der Waals surface area contributed by atoms with Gasteiger partial charge in [-0.25, -0.2) is 0 Å². The number of aliphatic carboxylic acids is 2. The molecule has 0 aliphatic rings. The average Bonchev–Trinajstić information content (AvgIpc) is 2.69. The number of hydrogen-bond acceptors (Lipinski definition) is 10. The van der Waals surface area contributed by atoms with Gasteiger partial charge in [-0.3, -0.25) is 29.8 Å². The van der Waals surface area contributed by atoms with Crippen molar-refractivity contribution in [1.29, 1.82) is 0 Å². The SMILES string of the molecule is CCC(=O)C(C)(N=NC(C)(C(=O)CC)C(N)NCCC(=O)O)C(N)NCCC(=O)O.O.O.O.O. The third-order valence-corrected chi connectivity index (χ3v) is 4.85. The summed E-state index contributed by atoms with van der Waals surface area (Å²) in [6, 6.07) is 0. The van der Waals surface area contributed by atoms with E-state index in [1.165, 1.54) is 13.8 Å². The maximum atomic E-state index is 12.6. The quantitative estimate of drug-likeness (QED) is 0.0885. The lowest BCUT2D eigenvalue weighted by Crippen LogP contribution is -2.60. The summed E-state index contributed by atoms with van der Waals surface area (Å²) in [5.74, 6) is -2.78. The lowest BCUT2D eigenvalue weighted by molar-refractivity contribution is -0.138. The highest BCUT2D eigenvalue weighted by Gasteiger charge is 2.43. The Bertz CT molecular complexity index is 611. The van der Waals surface area contributed by atoms with Gasteiger partial charge in [0.1, 0.15) is 0 Å². The Balaban J connectivity index is -0.000000701. The fraction of sp³-hybridized carbons (Fsp3) is 0.778. The van der Waals surface area contributed by atoms with Crippen molar-refractivity contribution >= 4 is 23.5 Å². The van der Waals surface area contributed by atoms with Crippen molar-refractivity contribution < 1.29 is 51.3 Å². The van der Waals surface area contributed by atoms with Crippen molar-refractivity contribution in [2.24, 2.45) is 21.7 Å². The number of Topliss-reactive ketones (excluding diaryl/α,β-unsaturated/α-hetero) is 2. The second-order valence-electron chi connectivity index (χ2n) is 7.20. The number of nitrogens with one attached hydrogen (secondary N) is 2.